The highest BCUT2D eigenvalue weighted by molar-refractivity contribution is 7.11. The summed E-state index contributed by atoms with van der Waals surface area (Å²) < 4.78 is 5.79. The Hall–Kier alpha value is -1.39. The van der Waals surface area contributed by atoms with Gasteiger partial charge in [0.1, 0.15) is 5.75 Å². The smallest absolute Gasteiger partial charge is 0.119 e. The molecule has 21 heavy (non-hydrogen) atoms. The molecule has 1 N–H and O–H groups in total. The molecule has 0 aliphatic rings. The Balaban J connectivity index is 1.77. The summed E-state index contributed by atoms with van der Waals surface area (Å²) >= 11 is 1.76. The largest absolute Gasteiger partial charge is 0.493 e. The number of nitrogens with one attached hydrogen (secondary N) is 1. The lowest BCUT2D eigenvalue weighted by Gasteiger charge is -2.08. The maximum Gasteiger partial charge on any atom is 0.119 e. The lowest BCUT2D eigenvalue weighted by atomic mass is 10.0. The molecule has 0 unspecified atom stereocenters. The standard InChI is InChI=1S/C17H24N2OS/c1-4-18-11-16-12-19-17(21-16)9-10-20-15-7-5-14(6-8-15)13(2)3/h5-8,12-13,18H,4,9-11H2,1-3H3. The molecule has 2 rings (SSSR count). The van der Waals surface area contributed by atoms with E-state index in [4.69, 9.17) is 4.74 Å². The lowest BCUT2D eigenvalue weighted by Crippen LogP contribution is -2.10. The molecule has 0 spiro atoms. The molecule has 114 valence electrons. The Morgan fingerprint density at radius 3 is 2.67 bits per heavy atom. The van der Waals surface area contributed by atoms with Crippen molar-refractivity contribution >= 4 is 11.3 Å². The van der Waals surface area contributed by atoms with Gasteiger partial charge in [-0.15, -0.1) is 11.3 Å². The average molecular weight is 304 g/mol. The molecule has 1 aromatic carbocycles. The summed E-state index contributed by atoms with van der Waals surface area (Å²) in [5.41, 5.74) is 1.34. The van der Waals surface area contributed by atoms with E-state index in [1.807, 2.05) is 18.3 Å². The van der Waals surface area contributed by atoms with Crippen LogP contribution in [0.4, 0.5) is 0 Å². The second-order valence-corrected chi connectivity index (χ2v) is 6.52. The first-order valence-corrected chi connectivity index (χ1v) is 8.37. The fraction of sp³-hybridized carbons (Fsp3) is 0.471. The van der Waals surface area contributed by atoms with Gasteiger partial charge in [-0.05, 0) is 30.2 Å². The minimum absolute atomic E-state index is 0.560. The second-order valence-electron chi connectivity index (χ2n) is 5.32. The Morgan fingerprint density at radius 2 is 2.00 bits per heavy atom. The molecular weight excluding hydrogens is 280 g/mol. The first-order valence-electron chi connectivity index (χ1n) is 7.56. The molecule has 4 heteroatoms. The van der Waals surface area contributed by atoms with Crippen LogP contribution in [0, 0.1) is 0 Å². The number of aromatic nitrogens is 1. The first kappa shape index (κ1) is 16.0. The molecule has 1 heterocycles. The normalized spacial score (nSPS) is 11.0. The summed E-state index contributed by atoms with van der Waals surface area (Å²) in [5, 5.41) is 4.45. The molecule has 0 aliphatic carbocycles. The predicted molar refractivity (Wildman–Crippen MR) is 89.2 cm³/mol. The van der Waals surface area contributed by atoms with Crippen LogP contribution in [0.5, 0.6) is 5.75 Å². The highest BCUT2D eigenvalue weighted by Crippen LogP contribution is 2.19. The number of hydrogen-bond donors (Lipinski definition) is 1. The van der Waals surface area contributed by atoms with Crippen molar-refractivity contribution in [3.05, 3.63) is 45.9 Å². The third kappa shape index (κ3) is 5.14. The summed E-state index contributed by atoms with van der Waals surface area (Å²) in [4.78, 5) is 5.72. The van der Waals surface area contributed by atoms with Crippen molar-refractivity contribution in [2.75, 3.05) is 13.2 Å². The quantitative estimate of drug-likeness (QED) is 0.800. The van der Waals surface area contributed by atoms with E-state index in [9.17, 15) is 0 Å². The summed E-state index contributed by atoms with van der Waals surface area (Å²) in [5.74, 6) is 1.49. The van der Waals surface area contributed by atoms with Crippen LogP contribution >= 0.6 is 11.3 Å². The molecule has 1 aromatic heterocycles. The third-order valence-electron chi connectivity index (χ3n) is 3.28. The van der Waals surface area contributed by atoms with E-state index in [2.05, 4.69) is 43.2 Å². The number of hydrogen-bond acceptors (Lipinski definition) is 4. The minimum Gasteiger partial charge on any atom is -0.493 e. The summed E-state index contributed by atoms with van der Waals surface area (Å²) in [6.07, 6.45) is 2.82. The van der Waals surface area contributed by atoms with Gasteiger partial charge < -0.3 is 10.1 Å². The number of thiazole rings is 1. The molecule has 0 saturated heterocycles. The Kier molecular flexibility index (Phi) is 6.21. The van der Waals surface area contributed by atoms with E-state index in [-0.39, 0.29) is 0 Å². The Bertz CT molecular complexity index is 534. The van der Waals surface area contributed by atoms with Crippen molar-refractivity contribution < 1.29 is 4.74 Å². The van der Waals surface area contributed by atoms with Gasteiger partial charge in [-0.25, -0.2) is 4.98 Å². The monoisotopic (exact) mass is 304 g/mol. The van der Waals surface area contributed by atoms with Crippen LogP contribution in [0.25, 0.3) is 0 Å². The van der Waals surface area contributed by atoms with Gasteiger partial charge in [0, 0.05) is 24.0 Å². The van der Waals surface area contributed by atoms with Gasteiger partial charge in [0.15, 0.2) is 0 Å². The molecular formula is C17H24N2OS. The molecule has 0 amide bonds. The van der Waals surface area contributed by atoms with E-state index in [1.54, 1.807) is 11.3 Å². The molecule has 0 bridgehead atoms. The Labute approximate surface area is 131 Å². The lowest BCUT2D eigenvalue weighted by molar-refractivity contribution is 0.321. The third-order valence-corrected chi connectivity index (χ3v) is 4.34. The van der Waals surface area contributed by atoms with Gasteiger partial charge in [0.2, 0.25) is 0 Å². The van der Waals surface area contributed by atoms with Gasteiger partial charge in [0.25, 0.3) is 0 Å². The number of nitrogens with zero attached hydrogens (tertiary/aromatic N) is 1. The zero-order valence-corrected chi connectivity index (χ0v) is 13.9. The fourth-order valence-corrected chi connectivity index (χ4v) is 2.87. The topological polar surface area (TPSA) is 34.2 Å². The van der Waals surface area contributed by atoms with Gasteiger partial charge >= 0.3 is 0 Å². The predicted octanol–water partition coefficient (Wildman–Crippen LogP) is 4.00. The van der Waals surface area contributed by atoms with Crippen molar-refractivity contribution in [1.82, 2.24) is 10.3 Å². The van der Waals surface area contributed by atoms with Crippen LogP contribution in [0.2, 0.25) is 0 Å². The first-order chi connectivity index (χ1) is 10.2. The highest BCUT2D eigenvalue weighted by atomic mass is 32.1. The molecule has 2 aromatic rings. The van der Waals surface area contributed by atoms with Gasteiger partial charge in [0.05, 0.1) is 11.6 Å². The minimum atomic E-state index is 0.560. The number of ether oxygens (including phenoxy) is 1. The second kappa shape index (κ2) is 8.15. The van der Waals surface area contributed by atoms with Crippen LogP contribution in [0.15, 0.2) is 30.5 Å². The average Bonchev–Trinajstić information content (AvgIpc) is 2.93. The van der Waals surface area contributed by atoms with Crippen LogP contribution in [0.1, 0.15) is 42.1 Å². The molecule has 0 atom stereocenters. The number of rotatable bonds is 8. The summed E-state index contributed by atoms with van der Waals surface area (Å²) in [6, 6.07) is 8.37. The van der Waals surface area contributed by atoms with Gasteiger partial charge in [-0.3, -0.25) is 0 Å². The van der Waals surface area contributed by atoms with Crippen molar-refractivity contribution in [2.45, 2.75) is 39.7 Å². The molecule has 0 radical (unpaired) electrons. The SMILES string of the molecule is CCNCc1cnc(CCOc2ccc(C(C)C)cc2)s1. The van der Waals surface area contributed by atoms with Crippen LogP contribution in [0.3, 0.4) is 0 Å². The van der Waals surface area contributed by atoms with E-state index in [0.717, 1.165) is 30.3 Å². The molecule has 0 fully saturated rings. The Morgan fingerprint density at radius 1 is 1.24 bits per heavy atom. The zero-order valence-electron chi connectivity index (χ0n) is 13.1. The maximum absolute atomic E-state index is 5.79. The summed E-state index contributed by atoms with van der Waals surface area (Å²) in [6.45, 7) is 9.08. The zero-order chi connectivity index (χ0) is 15.1. The molecule has 0 saturated carbocycles. The van der Waals surface area contributed by atoms with Gasteiger partial charge in [-0.1, -0.05) is 32.9 Å². The molecule has 3 nitrogen and oxygen atoms in total. The number of benzene rings is 1. The van der Waals surface area contributed by atoms with Crippen molar-refractivity contribution in [1.29, 1.82) is 0 Å². The van der Waals surface area contributed by atoms with Crippen molar-refractivity contribution in [3.63, 3.8) is 0 Å². The van der Waals surface area contributed by atoms with E-state index in [0.29, 0.717) is 12.5 Å². The van der Waals surface area contributed by atoms with Gasteiger partial charge in [-0.2, -0.15) is 0 Å². The fourth-order valence-electron chi connectivity index (χ4n) is 2.00. The van der Waals surface area contributed by atoms with Crippen LogP contribution in [-0.4, -0.2) is 18.1 Å². The van der Waals surface area contributed by atoms with E-state index in [1.165, 1.54) is 10.4 Å². The summed E-state index contributed by atoms with van der Waals surface area (Å²) in [7, 11) is 0. The maximum atomic E-state index is 5.79. The van der Waals surface area contributed by atoms with Crippen LogP contribution in [-0.2, 0) is 13.0 Å². The van der Waals surface area contributed by atoms with Crippen LogP contribution < -0.4 is 10.1 Å². The van der Waals surface area contributed by atoms with E-state index < -0.39 is 0 Å². The van der Waals surface area contributed by atoms with Crippen molar-refractivity contribution in [2.24, 2.45) is 0 Å². The molecule has 0 aliphatic heterocycles. The highest BCUT2D eigenvalue weighted by Gasteiger charge is 2.03. The van der Waals surface area contributed by atoms with Crippen molar-refractivity contribution in [3.8, 4) is 5.75 Å². The van der Waals surface area contributed by atoms with E-state index >= 15 is 0 Å².